The van der Waals surface area contributed by atoms with E-state index < -0.39 is 0 Å². The van der Waals surface area contributed by atoms with Crippen LogP contribution in [0.4, 0.5) is 0 Å². The van der Waals surface area contributed by atoms with Crippen molar-refractivity contribution in [3.63, 3.8) is 0 Å². The van der Waals surface area contributed by atoms with Crippen LogP contribution in [-0.2, 0) is 6.61 Å². The van der Waals surface area contributed by atoms with Gasteiger partial charge in [-0.3, -0.25) is 4.98 Å². The van der Waals surface area contributed by atoms with Crippen LogP contribution >= 0.6 is 0 Å². The molecule has 138 valence electrons. The first kappa shape index (κ1) is 16.2. The van der Waals surface area contributed by atoms with Crippen LogP contribution in [0.5, 0.6) is 5.88 Å². The molecule has 0 amide bonds. The van der Waals surface area contributed by atoms with Crippen LogP contribution in [-0.4, -0.2) is 30.0 Å². The number of hydrogen-bond acceptors (Lipinski definition) is 8. The molecule has 5 aromatic rings. The molecular formula is C19H14N6O3. The summed E-state index contributed by atoms with van der Waals surface area (Å²) in [5.41, 5.74) is 3.62. The fourth-order valence-electron chi connectivity index (χ4n) is 2.81. The predicted octanol–water partition coefficient (Wildman–Crippen LogP) is 3.32. The van der Waals surface area contributed by atoms with Gasteiger partial charge in [0, 0.05) is 29.6 Å². The summed E-state index contributed by atoms with van der Waals surface area (Å²) < 4.78 is 18.0. The lowest BCUT2D eigenvalue weighted by Gasteiger charge is -2.10. The zero-order valence-electron chi connectivity index (χ0n) is 14.8. The first-order valence-electron chi connectivity index (χ1n) is 8.52. The lowest BCUT2D eigenvalue weighted by atomic mass is 10.1. The summed E-state index contributed by atoms with van der Waals surface area (Å²) >= 11 is 0. The van der Waals surface area contributed by atoms with E-state index in [1.165, 1.54) is 0 Å². The van der Waals surface area contributed by atoms with Gasteiger partial charge in [-0.15, -0.1) is 15.3 Å². The Bertz CT molecular complexity index is 1230. The van der Waals surface area contributed by atoms with Crippen LogP contribution in [0, 0.1) is 6.92 Å². The molecule has 9 nitrogen and oxygen atoms in total. The van der Waals surface area contributed by atoms with Crippen LogP contribution in [0.1, 0.15) is 11.3 Å². The molecule has 0 atom stereocenters. The summed E-state index contributed by atoms with van der Waals surface area (Å²) in [5.74, 6) is 1.56. The topological polar surface area (TPSA) is 104 Å². The molecule has 0 N–H and O–H groups in total. The van der Waals surface area contributed by atoms with Gasteiger partial charge in [0.05, 0.1) is 18.1 Å². The van der Waals surface area contributed by atoms with Crippen LogP contribution in [0.15, 0.2) is 64.2 Å². The maximum Gasteiger partial charge on any atom is 0.240 e. The van der Waals surface area contributed by atoms with Gasteiger partial charge in [-0.05, 0) is 25.1 Å². The highest BCUT2D eigenvalue weighted by molar-refractivity contribution is 5.71. The molecule has 5 heterocycles. The third-order valence-electron chi connectivity index (χ3n) is 4.15. The van der Waals surface area contributed by atoms with Crippen molar-refractivity contribution in [1.82, 2.24) is 30.0 Å². The monoisotopic (exact) mass is 374 g/mol. The number of pyridine rings is 1. The van der Waals surface area contributed by atoms with Gasteiger partial charge < -0.3 is 13.7 Å². The third-order valence-corrected chi connectivity index (χ3v) is 4.15. The molecule has 28 heavy (non-hydrogen) atoms. The van der Waals surface area contributed by atoms with Gasteiger partial charge in [-0.1, -0.05) is 11.2 Å². The Morgan fingerprint density at radius 3 is 2.89 bits per heavy atom. The Labute approximate surface area is 158 Å². The highest BCUT2D eigenvalue weighted by Crippen LogP contribution is 2.31. The minimum absolute atomic E-state index is 0.317. The Hall–Kier alpha value is -4.01. The second-order valence-electron chi connectivity index (χ2n) is 6.14. The fourth-order valence-corrected chi connectivity index (χ4v) is 2.81. The average Bonchev–Trinajstić information content (AvgIpc) is 3.47. The fraction of sp³-hybridized carbons (Fsp3) is 0.105. The number of nitrogens with zero attached hydrogens (tertiary/aromatic N) is 6. The highest BCUT2D eigenvalue weighted by Gasteiger charge is 2.18. The van der Waals surface area contributed by atoms with E-state index in [0.29, 0.717) is 35.4 Å². The van der Waals surface area contributed by atoms with E-state index in [2.05, 4.69) is 25.4 Å². The van der Waals surface area contributed by atoms with Crippen LogP contribution in [0.25, 0.3) is 28.3 Å². The number of furan rings is 1. The number of aryl methyl sites for hydroxylation is 1. The molecule has 0 radical (unpaired) electrons. The normalized spacial score (nSPS) is 11.2. The first-order valence-corrected chi connectivity index (χ1v) is 8.52. The summed E-state index contributed by atoms with van der Waals surface area (Å²) in [6.45, 7) is 2.13. The number of hydrogen-bond donors (Lipinski definition) is 0. The van der Waals surface area contributed by atoms with Gasteiger partial charge in [-0.25, -0.2) is 0 Å². The molecule has 0 unspecified atom stereocenters. The molecule has 0 fully saturated rings. The van der Waals surface area contributed by atoms with Crippen molar-refractivity contribution in [2.24, 2.45) is 0 Å². The van der Waals surface area contributed by atoms with E-state index in [9.17, 15) is 0 Å². The molecule has 0 spiro atoms. The minimum atomic E-state index is 0.317. The minimum Gasteiger partial charge on any atom is -0.472 e. The molecule has 0 aliphatic rings. The molecule has 0 aromatic carbocycles. The van der Waals surface area contributed by atoms with Gasteiger partial charge in [0.1, 0.15) is 12.4 Å². The molecule has 5 aromatic heterocycles. The van der Waals surface area contributed by atoms with Gasteiger partial charge in [0.25, 0.3) is 0 Å². The predicted molar refractivity (Wildman–Crippen MR) is 97.3 cm³/mol. The van der Waals surface area contributed by atoms with E-state index in [4.69, 9.17) is 13.7 Å². The van der Waals surface area contributed by atoms with Gasteiger partial charge in [0.15, 0.2) is 11.3 Å². The van der Waals surface area contributed by atoms with Gasteiger partial charge >= 0.3 is 0 Å². The van der Waals surface area contributed by atoms with Crippen LogP contribution in [0.3, 0.4) is 0 Å². The molecule has 5 rings (SSSR count). The third kappa shape index (κ3) is 2.88. The van der Waals surface area contributed by atoms with Crippen molar-refractivity contribution in [3.8, 4) is 28.5 Å². The van der Waals surface area contributed by atoms with Gasteiger partial charge in [-0.2, -0.15) is 4.52 Å². The molecule has 0 aliphatic heterocycles. The number of rotatable bonds is 5. The number of ether oxygens (including phenoxy) is 1. The van der Waals surface area contributed by atoms with Crippen LogP contribution < -0.4 is 4.74 Å². The Morgan fingerprint density at radius 1 is 1.18 bits per heavy atom. The number of aromatic nitrogens is 6. The average molecular weight is 374 g/mol. The van der Waals surface area contributed by atoms with Crippen molar-refractivity contribution in [2.45, 2.75) is 13.5 Å². The summed E-state index contributed by atoms with van der Waals surface area (Å²) in [6, 6.07) is 9.25. The molecule has 0 saturated carbocycles. The van der Waals surface area contributed by atoms with E-state index in [0.717, 1.165) is 16.7 Å². The second-order valence-corrected chi connectivity index (χ2v) is 6.14. The SMILES string of the molecule is Cc1cc(-c2nnc3cc(-c4ccoc4)c(OCc4cccnc4)nn23)no1. The molecule has 0 saturated heterocycles. The van der Waals surface area contributed by atoms with E-state index in [1.807, 2.05) is 31.2 Å². The van der Waals surface area contributed by atoms with Crippen molar-refractivity contribution in [1.29, 1.82) is 0 Å². The Kier molecular flexibility index (Phi) is 3.82. The van der Waals surface area contributed by atoms with E-state index >= 15 is 0 Å². The quantitative estimate of drug-likeness (QED) is 0.461. The van der Waals surface area contributed by atoms with Crippen LogP contribution in [0.2, 0.25) is 0 Å². The van der Waals surface area contributed by atoms with Gasteiger partial charge in [0.2, 0.25) is 11.7 Å². The van der Waals surface area contributed by atoms with Crippen molar-refractivity contribution >= 4 is 5.65 Å². The maximum atomic E-state index is 6.01. The van der Waals surface area contributed by atoms with Crippen molar-refractivity contribution in [2.75, 3.05) is 0 Å². The summed E-state index contributed by atoms with van der Waals surface area (Å²) in [6.07, 6.45) is 6.69. The number of fused-ring (bicyclic) bond motifs is 1. The first-order chi connectivity index (χ1) is 13.8. The van der Waals surface area contributed by atoms with Crippen molar-refractivity contribution < 1.29 is 13.7 Å². The zero-order chi connectivity index (χ0) is 18.9. The zero-order valence-corrected chi connectivity index (χ0v) is 14.8. The van der Waals surface area contributed by atoms with Crippen molar-refractivity contribution in [3.05, 3.63) is 66.6 Å². The maximum absolute atomic E-state index is 6.01. The second kappa shape index (κ2) is 6.62. The Morgan fingerprint density at radius 2 is 2.14 bits per heavy atom. The smallest absolute Gasteiger partial charge is 0.240 e. The van der Waals surface area contributed by atoms with E-state index in [1.54, 1.807) is 35.5 Å². The summed E-state index contributed by atoms with van der Waals surface area (Å²) in [4.78, 5) is 4.11. The lowest BCUT2D eigenvalue weighted by molar-refractivity contribution is 0.290. The molecular weight excluding hydrogens is 360 g/mol. The lowest BCUT2D eigenvalue weighted by Crippen LogP contribution is -2.04. The Balaban J connectivity index is 1.61. The standard InChI is InChI=1S/C19H14N6O3/c1-12-7-16(24-28-12)18-22-21-17-8-15(14-4-6-26-11-14)19(23-25(17)18)27-10-13-3-2-5-20-9-13/h2-9,11H,10H2,1H3. The largest absolute Gasteiger partial charge is 0.472 e. The summed E-state index contributed by atoms with van der Waals surface area (Å²) in [5, 5.41) is 17.0. The molecule has 0 aliphatic carbocycles. The summed E-state index contributed by atoms with van der Waals surface area (Å²) in [7, 11) is 0. The molecule has 0 bridgehead atoms. The van der Waals surface area contributed by atoms with E-state index in [-0.39, 0.29) is 0 Å². The molecule has 9 heteroatoms. The highest BCUT2D eigenvalue weighted by atomic mass is 16.5.